The Hall–Kier alpha value is 0.180. The molecule has 5 nitrogen and oxygen atoms in total. The summed E-state index contributed by atoms with van der Waals surface area (Å²) in [4.78, 5) is 0. The van der Waals surface area contributed by atoms with E-state index in [9.17, 15) is 8.42 Å². The van der Waals surface area contributed by atoms with E-state index in [1.807, 2.05) is 6.26 Å². The Morgan fingerprint density at radius 3 is 2.37 bits per heavy atom. The Labute approximate surface area is 123 Å². The standard InChI is InChI=1S/C12H29N3O2S2/c1-11(2)13-8-6-10-15(4)19(16,17)14-9-7-12(3)18-5/h11-14H,6-10H2,1-5H3. The molecule has 116 valence electrons. The van der Waals surface area contributed by atoms with Crippen LogP contribution in [0.25, 0.3) is 0 Å². The monoisotopic (exact) mass is 311 g/mol. The van der Waals surface area contributed by atoms with Gasteiger partial charge < -0.3 is 5.32 Å². The lowest BCUT2D eigenvalue weighted by atomic mass is 10.3. The van der Waals surface area contributed by atoms with Crippen LogP contribution < -0.4 is 10.0 Å². The van der Waals surface area contributed by atoms with Crippen LogP contribution in [0.15, 0.2) is 0 Å². The van der Waals surface area contributed by atoms with Crippen molar-refractivity contribution in [1.82, 2.24) is 14.3 Å². The lowest BCUT2D eigenvalue weighted by Crippen LogP contribution is -2.40. The van der Waals surface area contributed by atoms with Crippen molar-refractivity contribution in [2.75, 3.05) is 32.9 Å². The average molecular weight is 312 g/mol. The van der Waals surface area contributed by atoms with E-state index < -0.39 is 10.2 Å². The van der Waals surface area contributed by atoms with Gasteiger partial charge in [0.25, 0.3) is 10.2 Å². The van der Waals surface area contributed by atoms with E-state index in [0.717, 1.165) is 19.4 Å². The SMILES string of the molecule is CSC(C)CCNS(=O)(=O)N(C)CCCNC(C)C. The predicted octanol–water partition coefficient (Wildman–Crippen LogP) is 1.28. The molecule has 0 aliphatic rings. The lowest BCUT2D eigenvalue weighted by molar-refractivity contribution is 0.438. The smallest absolute Gasteiger partial charge is 0.279 e. The summed E-state index contributed by atoms with van der Waals surface area (Å²) in [5.41, 5.74) is 0. The second kappa shape index (κ2) is 9.99. The van der Waals surface area contributed by atoms with E-state index in [2.05, 4.69) is 30.8 Å². The zero-order chi connectivity index (χ0) is 14.9. The predicted molar refractivity (Wildman–Crippen MR) is 84.9 cm³/mol. The highest BCUT2D eigenvalue weighted by Crippen LogP contribution is 2.08. The molecule has 0 aliphatic carbocycles. The number of nitrogens with one attached hydrogen (secondary N) is 2. The van der Waals surface area contributed by atoms with E-state index >= 15 is 0 Å². The minimum absolute atomic E-state index is 0.438. The number of nitrogens with zero attached hydrogens (tertiary/aromatic N) is 1. The summed E-state index contributed by atoms with van der Waals surface area (Å²) in [7, 11) is -1.70. The third-order valence-electron chi connectivity index (χ3n) is 2.85. The zero-order valence-corrected chi connectivity index (χ0v) is 14.4. The first-order valence-corrected chi connectivity index (χ1v) is 9.49. The zero-order valence-electron chi connectivity index (χ0n) is 12.8. The molecule has 0 bridgehead atoms. The first-order valence-electron chi connectivity index (χ1n) is 6.76. The Balaban J connectivity index is 3.90. The van der Waals surface area contributed by atoms with Crippen LogP contribution in [0, 0.1) is 0 Å². The quantitative estimate of drug-likeness (QED) is 0.564. The second-order valence-corrected chi connectivity index (χ2v) is 8.16. The summed E-state index contributed by atoms with van der Waals surface area (Å²) in [6.07, 6.45) is 3.70. The largest absolute Gasteiger partial charge is 0.314 e. The Bertz CT molecular complexity index is 321. The molecule has 0 fully saturated rings. The molecule has 0 saturated heterocycles. The van der Waals surface area contributed by atoms with Crippen LogP contribution >= 0.6 is 11.8 Å². The van der Waals surface area contributed by atoms with Gasteiger partial charge in [0.1, 0.15) is 0 Å². The van der Waals surface area contributed by atoms with Gasteiger partial charge in [0.05, 0.1) is 0 Å². The molecule has 1 atom stereocenters. The van der Waals surface area contributed by atoms with Crippen LogP contribution in [0.1, 0.15) is 33.6 Å². The third kappa shape index (κ3) is 9.67. The molecule has 0 aromatic rings. The number of hydrogen-bond donors (Lipinski definition) is 2. The van der Waals surface area contributed by atoms with Gasteiger partial charge in [0.15, 0.2) is 0 Å². The summed E-state index contributed by atoms with van der Waals surface area (Å²) in [6, 6.07) is 0.438. The van der Waals surface area contributed by atoms with Crippen LogP contribution in [-0.4, -0.2) is 57.0 Å². The van der Waals surface area contributed by atoms with E-state index in [0.29, 0.717) is 24.4 Å². The maximum atomic E-state index is 11.9. The van der Waals surface area contributed by atoms with Gasteiger partial charge in [-0.05, 0) is 25.6 Å². The van der Waals surface area contributed by atoms with Gasteiger partial charge in [-0.25, -0.2) is 4.72 Å². The number of hydrogen-bond acceptors (Lipinski definition) is 4. The molecule has 7 heteroatoms. The van der Waals surface area contributed by atoms with Crippen molar-refractivity contribution in [3.05, 3.63) is 0 Å². The molecule has 0 radical (unpaired) electrons. The third-order valence-corrected chi connectivity index (χ3v) is 5.46. The van der Waals surface area contributed by atoms with E-state index in [-0.39, 0.29) is 0 Å². The topological polar surface area (TPSA) is 61.4 Å². The average Bonchev–Trinajstić information content (AvgIpc) is 2.33. The van der Waals surface area contributed by atoms with Gasteiger partial charge in [-0.1, -0.05) is 20.8 Å². The lowest BCUT2D eigenvalue weighted by Gasteiger charge is -2.18. The molecule has 0 aromatic heterocycles. The molecule has 0 spiro atoms. The van der Waals surface area contributed by atoms with Crippen LogP contribution in [0.2, 0.25) is 0 Å². The fraction of sp³-hybridized carbons (Fsp3) is 1.00. The highest BCUT2D eigenvalue weighted by molar-refractivity contribution is 7.99. The second-order valence-electron chi connectivity index (χ2n) is 5.02. The van der Waals surface area contributed by atoms with Gasteiger partial charge in [0, 0.05) is 31.4 Å². The van der Waals surface area contributed by atoms with Crippen LogP contribution in [0.3, 0.4) is 0 Å². The molecule has 0 heterocycles. The molecule has 0 aliphatic heterocycles. The molecular formula is C12H29N3O2S2. The highest BCUT2D eigenvalue weighted by atomic mass is 32.2. The Morgan fingerprint density at radius 2 is 1.84 bits per heavy atom. The molecule has 0 saturated carbocycles. The maximum Gasteiger partial charge on any atom is 0.279 e. The van der Waals surface area contributed by atoms with Gasteiger partial charge in [-0.2, -0.15) is 24.5 Å². The summed E-state index contributed by atoms with van der Waals surface area (Å²) >= 11 is 1.75. The molecule has 0 amide bonds. The van der Waals surface area contributed by atoms with Crippen molar-refractivity contribution in [2.45, 2.75) is 44.9 Å². The van der Waals surface area contributed by atoms with Crippen LogP contribution in [0.4, 0.5) is 0 Å². The fourth-order valence-corrected chi connectivity index (χ4v) is 2.75. The number of thioether (sulfide) groups is 1. The first-order chi connectivity index (χ1) is 8.79. The van der Waals surface area contributed by atoms with Crippen molar-refractivity contribution in [3.8, 4) is 0 Å². The molecule has 0 aromatic carbocycles. The van der Waals surface area contributed by atoms with Gasteiger partial charge >= 0.3 is 0 Å². The molecule has 19 heavy (non-hydrogen) atoms. The van der Waals surface area contributed by atoms with Crippen LogP contribution in [0.5, 0.6) is 0 Å². The van der Waals surface area contributed by atoms with Crippen molar-refractivity contribution >= 4 is 22.0 Å². The van der Waals surface area contributed by atoms with E-state index in [4.69, 9.17) is 0 Å². The van der Waals surface area contributed by atoms with Gasteiger partial charge in [0.2, 0.25) is 0 Å². The van der Waals surface area contributed by atoms with E-state index in [1.54, 1.807) is 18.8 Å². The Morgan fingerprint density at radius 1 is 1.21 bits per heavy atom. The number of rotatable bonds is 11. The van der Waals surface area contributed by atoms with Crippen molar-refractivity contribution < 1.29 is 8.42 Å². The van der Waals surface area contributed by atoms with Crippen molar-refractivity contribution in [2.24, 2.45) is 0 Å². The van der Waals surface area contributed by atoms with E-state index in [1.165, 1.54) is 4.31 Å². The first kappa shape index (κ1) is 19.2. The van der Waals surface area contributed by atoms with Crippen LogP contribution in [-0.2, 0) is 10.2 Å². The summed E-state index contributed by atoms with van der Waals surface area (Å²) in [6.45, 7) is 8.12. The normalized spacial score (nSPS) is 14.3. The fourth-order valence-electron chi connectivity index (χ4n) is 1.43. The molecular weight excluding hydrogens is 282 g/mol. The maximum absolute atomic E-state index is 11.9. The summed E-state index contributed by atoms with van der Waals surface area (Å²) in [5, 5.41) is 3.75. The minimum Gasteiger partial charge on any atom is -0.314 e. The van der Waals surface area contributed by atoms with Gasteiger partial charge in [-0.3, -0.25) is 0 Å². The minimum atomic E-state index is -3.32. The molecule has 0 rings (SSSR count). The summed E-state index contributed by atoms with van der Waals surface area (Å²) < 4.78 is 27.9. The highest BCUT2D eigenvalue weighted by Gasteiger charge is 2.16. The Kier molecular flexibility index (Phi) is 10.1. The van der Waals surface area contributed by atoms with Crippen molar-refractivity contribution in [3.63, 3.8) is 0 Å². The van der Waals surface area contributed by atoms with Gasteiger partial charge in [-0.15, -0.1) is 0 Å². The summed E-state index contributed by atoms with van der Waals surface area (Å²) in [5.74, 6) is 0. The molecule has 1 unspecified atom stereocenters. The molecule has 2 N–H and O–H groups in total. The van der Waals surface area contributed by atoms with Crippen molar-refractivity contribution in [1.29, 1.82) is 0 Å².